The fraction of sp³-hybridized carbons (Fsp3) is 0.472. The molecule has 0 saturated heterocycles. The van der Waals surface area contributed by atoms with Crippen LogP contribution in [0.2, 0.25) is 5.28 Å². The number of carbonyl (C=O) groups is 3. The van der Waals surface area contributed by atoms with Gasteiger partial charge in [-0.1, -0.05) is 80.2 Å². The van der Waals surface area contributed by atoms with Crippen LogP contribution in [-0.2, 0) is 38.5 Å². The number of hydrogen-bond acceptors (Lipinski definition) is 14. The fourth-order valence-corrected chi connectivity index (χ4v) is 9.54. The van der Waals surface area contributed by atoms with Gasteiger partial charge >= 0.3 is 0 Å². The number of amides is 3. The van der Waals surface area contributed by atoms with E-state index in [1.54, 1.807) is 16.9 Å². The number of aromatic nitrogens is 5. The number of nitrogens with zero attached hydrogens (tertiary/aromatic N) is 9. The maximum atomic E-state index is 14.5. The number of alkyl halides is 3. The van der Waals surface area contributed by atoms with Crippen LogP contribution in [0.1, 0.15) is 79.3 Å². The Bertz CT molecular complexity index is 2940. The first-order chi connectivity index (χ1) is 36.0. The zero-order valence-electron chi connectivity index (χ0n) is 44.6. The Hall–Kier alpha value is -5.75. The molecule has 0 spiro atoms. The molecule has 5 heterocycles. The highest BCUT2D eigenvalue weighted by Gasteiger charge is 2.33. The van der Waals surface area contributed by atoms with Crippen molar-refractivity contribution in [1.82, 2.24) is 23.9 Å². The topological polar surface area (TPSA) is 182 Å². The molecule has 17 nitrogen and oxygen atoms in total. The number of para-hydroxylation sites is 3. The lowest BCUT2D eigenvalue weighted by molar-refractivity contribution is -0.121. The highest BCUT2D eigenvalue weighted by molar-refractivity contribution is 7.02. The minimum Gasteiger partial charge on any atom is -0.489 e. The number of anilines is 5. The summed E-state index contributed by atoms with van der Waals surface area (Å²) in [6.45, 7) is 22.7. The van der Waals surface area contributed by atoms with E-state index in [1.165, 1.54) is 28.6 Å². The van der Waals surface area contributed by atoms with Crippen molar-refractivity contribution in [2.24, 2.45) is 10.4 Å². The van der Waals surface area contributed by atoms with Crippen molar-refractivity contribution in [2.45, 2.75) is 111 Å². The molecule has 2 unspecified atom stereocenters. The number of terminal acetylenes is 1. The number of fused-ring (bicyclic) bond motifs is 3. The van der Waals surface area contributed by atoms with Gasteiger partial charge in [-0.25, -0.2) is 9.38 Å². The van der Waals surface area contributed by atoms with E-state index in [4.69, 9.17) is 67.0 Å². The molecule has 3 aromatic carbocycles. The summed E-state index contributed by atoms with van der Waals surface area (Å²) in [6, 6.07) is 16.1. The largest absolute Gasteiger partial charge is 0.489 e. The van der Waals surface area contributed by atoms with Crippen LogP contribution in [0.5, 0.6) is 11.5 Å². The minimum absolute atomic E-state index is 0.0223. The molecular weight excluding hydrogens is 1080 g/mol. The Morgan fingerprint density at radius 2 is 1.78 bits per heavy atom. The Labute approximate surface area is 468 Å². The molecule has 3 amide bonds. The zero-order valence-corrected chi connectivity index (χ0v) is 48.5. The molecule has 2 atom stereocenters. The van der Waals surface area contributed by atoms with Gasteiger partial charge in [0.15, 0.2) is 17.3 Å². The molecule has 0 aliphatic carbocycles. The van der Waals surface area contributed by atoms with E-state index >= 15 is 0 Å². The van der Waals surface area contributed by atoms with Crippen LogP contribution in [0.4, 0.5) is 39.0 Å². The smallest absolute Gasteiger partial charge is 0.265 e. The average Bonchev–Trinajstić information content (AvgIpc) is 3.87. The van der Waals surface area contributed by atoms with Crippen LogP contribution in [0.3, 0.4) is 0 Å². The summed E-state index contributed by atoms with van der Waals surface area (Å²) in [5.74, 6) is 4.16. The molecule has 410 valence electrons. The molecule has 3 aliphatic rings. The second-order valence-corrected chi connectivity index (χ2v) is 22.0. The number of ether oxygens (including phenoxy) is 3. The lowest BCUT2D eigenvalue weighted by atomic mass is 9.92. The number of rotatable bonds is 12. The minimum atomic E-state index is -1.05. The van der Waals surface area contributed by atoms with E-state index in [0.29, 0.717) is 47.1 Å². The molecule has 0 fully saturated rings. The molecule has 0 radical (unpaired) electrons. The van der Waals surface area contributed by atoms with Crippen LogP contribution in [-0.4, -0.2) is 110 Å². The van der Waals surface area contributed by atoms with Crippen LogP contribution in [0.25, 0.3) is 0 Å². The Morgan fingerprint density at radius 1 is 1.07 bits per heavy atom. The molecule has 2 aromatic heterocycles. The van der Waals surface area contributed by atoms with Gasteiger partial charge < -0.3 is 39.2 Å². The summed E-state index contributed by atoms with van der Waals surface area (Å²) >= 11 is 24.0. The van der Waals surface area contributed by atoms with Crippen LogP contribution in [0, 0.1) is 30.5 Å². The molecule has 2 N–H and O–H groups in total. The molecule has 0 saturated carbocycles. The molecular formula is C53H66Cl4FN11O6S. The summed E-state index contributed by atoms with van der Waals surface area (Å²) in [5.41, 5.74) is 4.51. The predicted molar refractivity (Wildman–Crippen MR) is 303 cm³/mol. The zero-order chi connectivity index (χ0) is 56.1. The lowest BCUT2D eigenvalue weighted by Crippen LogP contribution is -2.47. The standard InChI is InChI=1S/C18H17FN4O2S.C15H22ClNO2.C11H11Cl2NO2.C9H16ClN5/c1-4-5-22-13-7-12(11(19)6-14(13)25-9-16(22)24)20-17-23-10-18(2,3)8-15(23)21-26-17;1-5-13-8-6-7-11(2)15(13)17(14(18)9-16)12(3)10-19-4;1-7-6-16-9-5-3-2-4-8(9)14(7)11(15)10(12)13;1-5-11-7-12-6(10)13-8(14-7)15-9(2,3)4/h1,6-7H,5,8-10H2,2-3H3;6-8,12H,5,9-10H2,1-4H3;2-5,7,10H,6H2,1H3;5H2,1-4H3,(H2,11,12,13,14,15). The van der Waals surface area contributed by atoms with Crippen molar-refractivity contribution >= 4 is 110 Å². The van der Waals surface area contributed by atoms with Crippen LogP contribution >= 0.6 is 57.9 Å². The Morgan fingerprint density at radius 3 is 2.42 bits per heavy atom. The van der Waals surface area contributed by atoms with Crippen LogP contribution < -0.4 is 39.6 Å². The van der Waals surface area contributed by atoms with Crippen molar-refractivity contribution in [1.29, 1.82) is 0 Å². The van der Waals surface area contributed by atoms with E-state index in [9.17, 15) is 18.8 Å². The van der Waals surface area contributed by atoms with Crippen LogP contribution in [0.15, 0.2) is 59.6 Å². The fourth-order valence-electron chi connectivity index (χ4n) is 8.29. The highest BCUT2D eigenvalue weighted by atomic mass is 35.5. The van der Waals surface area contributed by atoms with E-state index in [-0.39, 0.29) is 70.8 Å². The van der Waals surface area contributed by atoms with Gasteiger partial charge in [-0.2, -0.15) is 19.3 Å². The Balaban J connectivity index is 0.000000192. The number of benzene rings is 3. The van der Waals surface area contributed by atoms with Gasteiger partial charge in [0, 0.05) is 49.8 Å². The van der Waals surface area contributed by atoms with Gasteiger partial charge in [-0.05, 0) is 101 Å². The quantitative estimate of drug-likeness (QED) is 0.0893. The third-order valence-corrected chi connectivity index (χ3v) is 13.1. The third kappa shape index (κ3) is 16.1. The van der Waals surface area contributed by atoms with Crippen molar-refractivity contribution in [3.8, 4) is 23.8 Å². The first kappa shape index (κ1) is 61.1. The molecule has 23 heteroatoms. The van der Waals surface area contributed by atoms with Gasteiger partial charge in [-0.3, -0.25) is 19.3 Å². The predicted octanol–water partition coefficient (Wildman–Crippen LogP) is 10.2. The molecule has 0 bridgehead atoms. The van der Waals surface area contributed by atoms with Gasteiger partial charge in [0.1, 0.15) is 35.5 Å². The van der Waals surface area contributed by atoms with E-state index in [2.05, 4.69) is 67.7 Å². The summed E-state index contributed by atoms with van der Waals surface area (Å²) in [5, 5.41) is 6.31. The monoisotopic (exact) mass is 1140 g/mol. The average molecular weight is 1150 g/mol. The van der Waals surface area contributed by atoms with Gasteiger partial charge in [-0.15, -0.1) is 18.0 Å². The number of methoxy groups -OCH3 is 1. The third-order valence-electron chi connectivity index (χ3n) is 11.5. The summed E-state index contributed by atoms with van der Waals surface area (Å²) in [7, 11) is 1.64. The number of carbonyl (C=O) groups excluding carboxylic acids is 3. The second-order valence-electron chi connectivity index (χ2n) is 19.6. The highest BCUT2D eigenvalue weighted by Crippen LogP contribution is 2.38. The lowest BCUT2D eigenvalue weighted by Gasteiger charge is -2.35. The molecule has 76 heavy (non-hydrogen) atoms. The SMILES string of the molecule is C#CCN1C(=O)COc2cc(F)c(N=c3snc4n3CC(C)(C)C4)cc21.CC1COc2ccccc2N1C(=O)C(Cl)Cl.CCNc1nc(Cl)nc(NC(C)(C)C)n1.CCc1cccc(C)c1N(C(=O)CCl)C(C)COC. The van der Waals surface area contributed by atoms with Crippen molar-refractivity contribution in [2.75, 3.05) is 71.2 Å². The van der Waals surface area contributed by atoms with Gasteiger partial charge in [0.25, 0.3) is 11.8 Å². The maximum absolute atomic E-state index is 14.5. The summed E-state index contributed by atoms with van der Waals surface area (Å²) in [6.07, 6.45) is 7.09. The molecule has 3 aliphatic heterocycles. The molecule has 8 rings (SSSR count). The first-order valence-corrected chi connectivity index (χ1v) is 27.0. The van der Waals surface area contributed by atoms with E-state index < -0.39 is 10.7 Å². The summed E-state index contributed by atoms with van der Waals surface area (Å²) < 4.78 is 37.0. The van der Waals surface area contributed by atoms with Gasteiger partial charge in [0.05, 0.1) is 42.3 Å². The number of aryl methyl sites for hydroxylation is 2. The summed E-state index contributed by atoms with van der Waals surface area (Å²) in [4.78, 5) is 57.1. The van der Waals surface area contributed by atoms with Crippen molar-refractivity contribution < 1.29 is 33.0 Å². The number of halogens is 5. The van der Waals surface area contributed by atoms with E-state index in [0.717, 1.165) is 54.3 Å². The number of nitrogens with one attached hydrogen (secondary N) is 2. The van der Waals surface area contributed by atoms with Gasteiger partial charge in [0.2, 0.25) is 27.9 Å². The maximum Gasteiger partial charge on any atom is 0.265 e. The van der Waals surface area contributed by atoms with Crippen molar-refractivity contribution in [3.63, 3.8) is 0 Å². The van der Waals surface area contributed by atoms with Crippen molar-refractivity contribution in [3.05, 3.63) is 87.5 Å². The molecule has 5 aromatic rings. The number of hydrogen-bond donors (Lipinski definition) is 2. The second kappa shape index (κ2) is 27.5. The van der Waals surface area contributed by atoms with E-state index in [1.807, 2.05) is 89.4 Å². The first-order valence-electron chi connectivity index (χ1n) is 24.5. The normalized spacial score (nSPS) is 15.6. The Kier molecular flexibility index (Phi) is 22.1.